The van der Waals surface area contributed by atoms with Crippen LogP contribution in [0.25, 0.3) is 43.9 Å². The highest BCUT2D eigenvalue weighted by molar-refractivity contribution is 7.13. The van der Waals surface area contributed by atoms with E-state index in [1.807, 2.05) is 117 Å². The molecule has 0 spiro atoms. The second-order valence-electron chi connectivity index (χ2n) is 20.9. The summed E-state index contributed by atoms with van der Waals surface area (Å²) in [6, 6.07) is 35.0. The van der Waals surface area contributed by atoms with E-state index in [0.29, 0.717) is 44.1 Å². The van der Waals surface area contributed by atoms with E-state index >= 15 is 0 Å². The van der Waals surface area contributed by atoms with Gasteiger partial charge < -0.3 is 34.9 Å². The van der Waals surface area contributed by atoms with Crippen LogP contribution >= 0.6 is 11.3 Å². The number of β-amino-alcohol motifs (C(OH)–C–C–N with tert-alkyl or cyclic N) is 1. The molecule has 3 aromatic heterocycles. The summed E-state index contributed by atoms with van der Waals surface area (Å²) in [5.41, 5.74) is 11.1. The standard InChI is InChI=1S/C60H66N8O5S/c1-39-54(74-38-64-39)45-26-24-41(25-27-45)34-62-58(72)49-33-48(70)36-66(49)59(73)55(60(2,3)4)65-50(71)23-14-6-5-9-16-40-17-15-18-42(32-40)35-67-53(44-21-12-8-13-22-44)51(43-19-10-7-11-20-43)52-56(61)68(37-63-57(52)67)46-28-30-47(69)31-29-46/h7-8,10-13,15,17-22,24-27,32,37-38,46-49,55,61,69-70H,5-6,14,23,28-31,33-36H2,1-4H3,(H,62,72)(H,65,71)/t46?,47?,48-,49+,55-/m1/s1. The first-order valence-electron chi connectivity index (χ1n) is 25.8. The lowest BCUT2D eigenvalue weighted by molar-refractivity contribution is -0.144. The van der Waals surface area contributed by atoms with Crippen LogP contribution in [0, 0.1) is 29.6 Å². The van der Waals surface area contributed by atoms with Crippen LogP contribution < -0.4 is 16.1 Å². The Morgan fingerprint density at radius 2 is 1.55 bits per heavy atom. The van der Waals surface area contributed by atoms with Gasteiger partial charge in [0.05, 0.1) is 45.7 Å². The smallest absolute Gasteiger partial charge is 0.246 e. The molecule has 2 fully saturated rings. The summed E-state index contributed by atoms with van der Waals surface area (Å²) in [5, 5.41) is 37.4. The molecule has 1 aliphatic heterocycles. The van der Waals surface area contributed by atoms with Gasteiger partial charge in [-0.3, -0.25) is 19.8 Å². The second kappa shape index (κ2) is 22.9. The Kier molecular flexibility index (Phi) is 16.0. The number of nitrogens with zero attached hydrogens (tertiary/aromatic N) is 5. The van der Waals surface area contributed by atoms with Crippen molar-refractivity contribution in [2.24, 2.45) is 5.41 Å². The molecule has 1 aliphatic carbocycles. The number of thiazole rings is 1. The zero-order chi connectivity index (χ0) is 51.9. The average molecular weight is 1010 g/mol. The van der Waals surface area contributed by atoms with Crippen molar-refractivity contribution in [2.45, 2.75) is 129 Å². The van der Waals surface area contributed by atoms with E-state index in [0.717, 1.165) is 79.1 Å². The van der Waals surface area contributed by atoms with Crippen LogP contribution in [0.5, 0.6) is 0 Å². The Balaban J connectivity index is 0.834. The predicted molar refractivity (Wildman–Crippen MR) is 290 cm³/mol. The number of amides is 3. The summed E-state index contributed by atoms with van der Waals surface area (Å²) in [4.78, 5) is 53.2. The van der Waals surface area contributed by atoms with E-state index in [-0.39, 0.29) is 55.8 Å². The molecule has 7 aromatic rings. The van der Waals surface area contributed by atoms with Gasteiger partial charge in [0.2, 0.25) is 17.7 Å². The van der Waals surface area contributed by atoms with Crippen molar-refractivity contribution < 1.29 is 24.6 Å². The number of aliphatic hydroxyl groups excluding tert-OH is 2. The summed E-state index contributed by atoms with van der Waals surface area (Å²) in [6.45, 7) is 8.40. The maximum absolute atomic E-state index is 14.2. The molecule has 5 N–H and O–H groups in total. The molecule has 4 heterocycles. The number of fused-ring (bicyclic) bond motifs is 1. The number of nitrogens with one attached hydrogen (secondary N) is 3. The van der Waals surface area contributed by atoms with Crippen LogP contribution in [-0.4, -0.2) is 82.8 Å². The summed E-state index contributed by atoms with van der Waals surface area (Å²) in [7, 11) is 0. The topological polar surface area (TPSA) is 178 Å². The third kappa shape index (κ3) is 11.8. The molecule has 1 saturated carbocycles. The van der Waals surface area contributed by atoms with Gasteiger partial charge in [0.1, 0.15) is 23.2 Å². The van der Waals surface area contributed by atoms with E-state index in [1.54, 1.807) is 11.3 Å². The molecule has 0 unspecified atom stereocenters. The third-order valence-electron chi connectivity index (χ3n) is 14.4. The lowest BCUT2D eigenvalue weighted by atomic mass is 9.85. The molecule has 14 heteroatoms. The lowest BCUT2D eigenvalue weighted by Gasteiger charge is -2.35. The molecule has 1 saturated heterocycles. The van der Waals surface area contributed by atoms with E-state index in [9.17, 15) is 30.0 Å². The quantitative estimate of drug-likeness (QED) is 0.0502. The molecule has 4 aromatic carbocycles. The first-order chi connectivity index (χ1) is 35.7. The fourth-order valence-corrected chi connectivity index (χ4v) is 11.2. The fraction of sp³-hybridized carbons (Fsp3) is 0.367. The number of rotatable bonds is 15. The van der Waals surface area contributed by atoms with Crippen molar-refractivity contribution in [3.05, 3.63) is 149 Å². The predicted octanol–water partition coefficient (Wildman–Crippen LogP) is 9.33. The molecule has 2 aliphatic rings. The Labute approximate surface area is 437 Å². The van der Waals surface area contributed by atoms with Crippen molar-refractivity contribution in [3.8, 4) is 44.7 Å². The number of benzene rings is 4. The molecule has 13 nitrogen and oxygen atoms in total. The molecule has 74 heavy (non-hydrogen) atoms. The highest BCUT2D eigenvalue weighted by Gasteiger charge is 2.44. The zero-order valence-electron chi connectivity index (χ0n) is 42.7. The highest BCUT2D eigenvalue weighted by atomic mass is 32.1. The van der Waals surface area contributed by atoms with Gasteiger partial charge in [-0.15, -0.1) is 11.3 Å². The number of carbonyl (C=O) groups excluding carboxylic acids is 3. The molecule has 382 valence electrons. The summed E-state index contributed by atoms with van der Waals surface area (Å²) in [6.07, 6.45) is 5.83. The fourth-order valence-electron chi connectivity index (χ4n) is 10.4. The van der Waals surface area contributed by atoms with Crippen LogP contribution in [0.1, 0.15) is 107 Å². The van der Waals surface area contributed by atoms with Gasteiger partial charge in [0, 0.05) is 56.1 Å². The Morgan fingerprint density at radius 3 is 2.24 bits per heavy atom. The van der Waals surface area contributed by atoms with Crippen LogP contribution in [0.3, 0.4) is 0 Å². The number of aryl methyl sites for hydroxylation is 1. The second-order valence-corrected chi connectivity index (χ2v) is 21.7. The summed E-state index contributed by atoms with van der Waals surface area (Å²) in [5.74, 6) is 5.66. The van der Waals surface area contributed by atoms with Gasteiger partial charge in [-0.25, -0.2) is 9.97 Å². The van der Waals surface area contributed by atoms with Crippen molar-refractivity contribution in [1.82, 2.24) is 34.6 Å². The maximum atomic E-state index is 14.2. The van der Waals surface area contributed by atoms with Crippen molar-refractivity contribution >= 4 is 40.1 Å². The monoisotopic (exact) mass is 1010 g/mol. The van der Waals surface area contributed by atoms with Gasteiger partial charge in [0.15, 0.2) is 0 Å². The van der Waals surface area contributed by atoms with Gasteiger partial charge >= 0.3 is 0 Å². The molecule has 0 radical (unpaired) electrons. The number of likely N-dealkylation sites (tertiary alicyclic amines) is 1. The average Bonchev–Trinajstić information content (AvgIpc) is 4.12. The van der Waals surface area contributed by atoms with Gasteiger partial charge in [0.25, 0.3) is 0 Å². The first kappa shape index (κ1) is 51.7. The van der Waals surface area contributed by atoms with Gasteiger partial charge in [-0.2, -0.15) is 0 Å². The van der Waals surface area contributed by atoms with Crippen LogP contribution in [0.4, 0.5) is 0 Å². The Bertz CT molecular complexity index is 3230. The first-order valence-corrected chi connectivity index (χ1v) is 26.7. The molecule has 3 atom stereocenters. The number of hydrogen-bond acceptors (Lipinski definition) is 9. The van der Waals surface area contributed by atoms with Crippen LogP contribution in [0.2, 0.25) is 0 Å². The Morgan fingerprint density at radius 1 is 0.838 bits per heavy atom. The van der Waals surface area contributed by atoms with Crippen molar-refractivity contribution in [2.75, 3.05) is 6.54 Å². The van der Waals surface area contributed by atoms with Gasteiger partial charge in [-0.05, 0) is 90.8 Å². The minimum atomic E-state index is -0.901. The minimum absolute atomic E-state index is 0.00890. The molecule has 3 amide bonds. The SMILES string of the molecule is Cc1ncsc1-c1ccc(CNC(=O)[C@@H]2C[C@@H](O)CN2C(=O)[C@@H](NC(=O)CCCCC#Cc2cccc(Cn3c(-c4ccccc4)c(-c4ccccc4)c4c(=N)n(C5CCC(O)CC5)cnc43)c2)C(C)(C)C)cc1. The van der Waals surface area contributed by atoms with E-state index < -0.39 is 23.6 Å². The molecule has 0 bridgehead atoms. The Hall–Kier alpha value is -7.18. The minimum Gasteiger partial charge on any atom is -0.393 e. The lowest BCUT2D eigenvalue weighted by Crippen LogP contribution is -2.57. The third-order valence-corrected chi connectivity index (χ3v) is 15.3. The van der Waals surface area contributed by atoms with Crippen molar-refractivity contribution in [3.63, 3.8) is 0 Å². The number of aromatic nitrogens is 4. The number of carbonyl (C=O) groups is 3. The molecular weight excluding hydrogens is 945 g/mol. The number of hydrogen-bond donors (Lipinski definition) is 5. The molecular formula is C60H66N8O5S. The highest BCUT2D eigenvalue weighted by Crippen LogP contribution is 2.40. The van der Waals surface area contributed by atoms with Crippen LogP contribution in [-0.2, 0) is 27.5 Å². The summed E-state index contributed by atoms with van der Waals surface area (Å²) >= 11 is 1.58. The number of aliphatic hydroxyl groups is 2. The van der Waals surface area contributed by atoms with E-state index in [1.165, 1.54) is 4.90 Å². The largest absolute Gasteiger partial charge is 0.393 e. The van der Waals surface area contributed by atoms with E-state index in [2.05, 4.69) is 68.4 Å². The molecule has 9 rings (SSSR count). The van der Waals surface area contributed by atoms with Gasteiger partial charge in [-0.1, -0.05) is 130 Å². The maximum Gasteiger partial charge on any atom is 0.246 e. The zero-order valence-corrected chi connectivity index (χ0v) is 43.5. The van der Waals surface area contributed by atoms with Crippen LogP contribution in [0.15, 0.2) is 121 Å². The van der Waals surface area contributed by atoms with E-state index in [4.69, 9.17) is 4.98 Å². The van der Waals surface area contributed by atoms with Crippen molar-refractivity contribution in [1.29, 1.82) is 5.41 Å². The number of unbranched alkanes of at least 4 members (excludes halogenated alkanes) is 2. The summed E-state index contributed by atoms with van der Waals surface area (Å²) < 4.78 is 4.23. The normalized spacial score (nSPS) is 18.2.